The Balaban J connectivity index is 1.92. The zero-order valence-corrected chi connectivity index (χ0v) is 16.3. The van der Waals surface area contributed by atoms with Gasteiger partial charge in [-0.1, -0.05) is 30.6 Å². The molecule has 1 aromatic heterocycles. The van der Waals surface area contributed by atoms with Crippen molar-refractivity contribution >= 4 is 23.2 Å². The van der Waals surface area contributed by atoms with Gasteiger partial charge in [-0.2, -0.15) is 0 Å². The maximum absolute atomic E-state index is 12.4. The number of hydrogen-bond acceptors (Lipinski definition) is 4. The Morgan fingerprint density at radius 3 is 3.00 bits per heavy atom. The zero-order valence-electron chi connectivity index (χ0n) is 15.5. The number of aliphatic hydroxyl groups excluding tert-OH is 1. The van der Waals surface area contributed by atoms with Gasteiger partial charge in [0.25, 0.3) is 0 Å². The van der Waals surface area contributed by atoms with Crippen LogP contribution in [0.25, 0.3) is 0 Å². The van der Waals surface area contributed by atoms with Crippen LogP contribution in [-0.4, -0.2) is 45.7 Å². The summed E-state index contributed by atoms with van der Waals surface area (Å²) >= 11 is 1.62. The minimum atomic E-state index is -0.814. The maximum Gasteiger partial charge on any atom is 0.303 e. The van der Waals surface area contributed by atoms with E-state index in [1.54, 1.807) is 22.3 Å². The van der Waals surface area contributed by atoms with E-state index < -0.39 is 12.1 Å². The van der Waals surface area contributed by atoms with E-state index in [4.69, 9.17) is 5.11 Å². The van der Waals surface area contributed by atoms with Crippen LogP contribution in [0.5, 0.6) is 0 Å². The van der Waals surface area contributed by atoms with Crippen LogP contribution in [0, 0.1) is 11.8 Å². The molecule has 27 heavy (non-hydrogen) atoms. The van der Waals surface area contributed by atoms with Crippen LogP contribution in [0.2, 0.25) is 0 Å². The summed E-state index contributed by atoms with van der Waals surface area (Å²) in [6.07, 6.45) is 8.16. The molecule has 2 atom stereocenters. The van der Waals surface area contributed by atoms with E-state index in [0.29, 0.717) is 32.2 Å². The minimum absolute atomic E-state index is 0.0497. The van der Waals surface area contributed by atoms with Crippen LogP contribution < -0.4 is 0 Å². The predicted octanol–water partition coefficient (Wildman–Crippen LogP) is 3.24. The number of carboxylic acids is 1. The Labute approximate surface area is 164 Å². The average molecular weight is 390 g/mol. The molecule has 5 nitrogen and oxygen atoms in total. The van der Waals surface area contributed by atoms with Crippen molar-refractivity contribution in [2.24, 2.45) is 0 Å². The van der Waals surface area contributed by atoms with Crippen molar-refractivity contribution in [3.05, 3.63) is 34.5 Å². The topological polar surface area (TPSA) is 77.8 Å². The molecule has 146 valence electrons. The summed E-state index contributed by atoms with van der Waals surface area (Å²) in [5, 5.41) is 20.9. The quantitative estimate of drug-likeness (QED) is 0.406. The third kappa shape index (κ3) is 7.98. The van der Waals surface area contributed by atoms with Crippen LogP contribution in [0.15, 0.2) is 29.7 Å². The molecule has 0 bridgehead atoms. The Morgan fingerprint density at radius 2 is 2.26 bits per heavy atom. The highest BCUT2D eigenvalue weighted by molar-refractivity contribution is 7.09. The summed E-state index contributed by atoms with van der Waals surface area (Å²) in [4.78, 5) is 25.8. The molecule has 6 heteroatoms. The second-order valence-corrected chi connectivity index (χ2v) is 7.70. The molecule has 2 heterocycles. The summed E-state index contributed by atoms with van der Waals surface area (Å²) in [5.41, 5.74) is 0. The summed E-state index contributed by atoms with van der Waals surface area (Å²) in [5.74, 6) is 5.25. The summed E-state index contributed by atoms with van der Waals surface area (Å²) in [6, 6.07) is 3.92. The maximum atomic E-state index is 12.4. The highest BCUT2D eigenvalue weighted by Crippen LogP contribution is 2.19. The van der Waals surface area contributed by atoms with E-state index >= 15 is 0 Å². The Morgan fingerprint density at radius 1 is 1.41 bits per heavy atom. The highest BCUT2D eigenvalue weighted by Gasteiger charge is 2.23. The van der Waals surface area contributed by atoms with Crippen LogP contribution in [0.4, 0.5) is 0 Å². The zero-order chi connectivity index (χ0) is 19.5. The van der Waals surface area contributed by atoms with E-state index in [2.05, 4.69) is 11.8 Å². The van der Waals surface area contributed by atoms with Gasteiger partial charge in [0.15, 0.2) is 0 Å². The highest BCUT2D eigenvalue weighted by atomic mass is 32.1. The number of amides is 1. The molecule has 2 N–H and O–H groups in total. The number of likely N-dealkylation sites (tertiary alicyclic amines) is 1. The third-order valence-electron chi connectivity index (χ3n) is 4.47. The molecule has 1 aromatic rings. The van der Waals surface area contributed by atoms with Gasteiger partial charge in [0.1, 0.15) is 0 Å². The molecule has 0 aliphatic carbocycles. The first kappa shape index (κ1) is 21.2. The molecule has 2 rings (SSSR count). The van der Waals surface area contributed by atoms with Gasteiger partial charge < -0.3 is 15.1 Å². The van der Waals surface area contributed by atoms with E-state index in [9.17, 15) is 14.7 Å². The molecule has 0 spiro atoms. The SMILES string of the molecule is O=C(O)CCCC#CCN1C(=O)CCCC[C@@H]1/C=C/C(O)Cc1cccs1. The molecule has 1 amide bonds. The fraction of sp³-hybridized carbons (Fsp3) is 0.524. The number of hydrogen-bond donors (Lipinski definition) is 2. The second kappa shape index (κ2) is 11.6. The fourth-order valence-corrected chi connectivity index (χ4v) is 3.79. The largest absolute Gasteiger partial charge is 0.481 e. The number of carbonyl (C=O) groups excluding carboxylic acids is 1. The lowest BCUT2D eigenvalue weighted by molar-refractivity contribution is -0.137. The van der Waals surface area contributed by atoms with Gasteiger partial charge in [-0.05, 0) is 30.7 Å². The van der Waals surface area contributed by atoms with Gasteiger partial charge in [0.05, 0.1) is 18.7 Å². The Kier molecular flexibility index (Phi) is 9.09. The lowest BCUT2D eigenvalue weighted by Crippen LogP contribution is -2.38. The average Bonchev–Trinajstić information content (AvgIpc) is 3.07. The second-order valence-electron chi connectivity index (χ2n) is 6.67. The van der Waals surface area contributed by atoms with Crippen molar-refractivity contribution in [2.45, 2.75) is 63.5 Å². The van der Waals surface area contributed by atoms with Gasteiger partial charge in [-0.3, -0.25) is 9.59 Å². The number of nitrogens with zero attached hydrogens (tertiary/aromatic N) is 1. The summed E-state index contributed by atoms with van der Waals surface area (Å²) < 4.78 is 0. The number of aliphatic carboxylic acids is 1. The molecule has 1 fully saturated rings. The van der Waals surface area contributed by atoms with Crippen LogP contribution in [-0.2, 0) is 16.0 Å². The van der Waals surface area contributed by atoms with Crippen molar-refractivity contribution in [3.63, 3.8) is 0 Å². The van der Waals surface area contributed by atoms with Crippen molar-refractivity contribution in [1.29, 1.82) is 0 Å². The van der Waals surface area contributed by atoms with E-state index in [-0.39, 0.29) is 18.4 Å². The Hall–Kier alpha value is -2.10. The van der Waals surface area contributed by atoms with Crippen molar-refractivity contribution in [3.8, 4) is 11.8 Å². The van der Waals surface area contributed by atoms with Gasteiger partial charge in [0.2, 0.25) is 5.91 Å². The smallest absolute Gasteiger partial charge is 0.303 e. The van der Waals surface area contributed by atoms with Crippen LogP contribution in [0.3, 0.4) is 0 Å². The number of carboxylic acid groups (broad SMARTS) is 1. The first-order chi connectivity index (χ1) is 13.1. The molecule has 1 unspecified atom stereocenters. The van der Waals surface area contributed by atoms with Crippen LogP contribution in [0.1, 0.15) is 49.8 Å². The number of rotatable bonds is 8. The molecule has 1 aliphatic rings. The number of carbonyl (C=O) groups is 2. The molecule has 1 aliphatic heterocycles. The van der Waals surface area contributed by atoms with Crippen LogP contribution >= 0.6 is 11.3 Å². The lowest BCUT2D eigenvalue weighted by atomic mass is 10.1. The van der Waals surface area contributed by atoms with Gasteiger partial charge in [0, 0.05) is 30.6 Å². The lowest BCUT2D eigenvalue weighted by Gasteiger charge is -2.26. The molecule has 0 radical (unpaired) electrons. The van der Waals surface area contributed by atoms with Gasteiger partial charge in [-0.25, -0.2) is 0 Å². The first-order valence-electron chi connectivity index (χ1n) is 9.42. The van der Waals surface area contributed by atoms with Crippen molar-refractivity contribution < 1.29 is 19.8 Å². The number of aliphatic hydroxyl groups is 1. The summed E-state index contributed by atoms with van der Waals surface area (Å²) in [6.45, 7) is 0.349. The fourth-order valence-electron chi connectivity index (χ4n) is 3.04. The van der Waals surface area contributed by atoms with E-state index in [0.717, 1.165) is 24.1 Å². The number of thiophene rings is 1. The minimum Gasteiger partial charge on any atom is -0.481 e. The summed E-state index contributed by atoms with van der Waals surface area (Å²) in [7, 11) is 0. The first-order valence-corrected chi connectivity index (χ1v) is 10.3. The standard InChI is InChI=1S/C21H27NO4S/c23-18(16-19-9-7-15-27-19)13-12-17-8-4-5-10-20(24)22(17)14-6-2-1-3-11-21(25)26/h7,9,12-13,15,17-18,23H,1,3-5,8,10-11,14,16H2,(H,25,26)/b13-12+/t17-,18?/m1/s1. The molecular formula is C21H27NO4S. The normalized spacial score (nSPS) is 18.8. The van der Waals surface area contributed by atoms with Crippen molar-refractivity contribution in [1.82, 2.24) is 4.90 Å². The predicted molar refractivity (Wildman–Crippen MR) is 106 cm³/mol. The van der Waals surface area contributed by atoms with Crippen molar-refractivity contribution in [2.75, 3.05) is 6.54 Å². The van der Waals surface area contributed by atoms with E-state index in [1.807, 2.05) is 23.6 Å². The monoisotopic (exact) mass is 389 g/mol. The molecular weight excluding hydrogens is 362 g/mol. The molecule has 0 saturated carbocycles. The van der Waals surface area contributed by atoms with Gasteiger partial charge in [-0.15, -0.1) is 17.3 Å². The van der Waals surface area contributed by atoms with Gasteiger partial charge >= 0.3 is 5.97 Å². The number of unbranched alkanes of at least 4 members (excludes halogenated alkanes) is 1. The molecule has 0 aromatic carbocycles. The molecule has 1 saturated heterocycles. The Bertz CT molecular complexity index is 687. The van der Waals surface area contributed by atoms with E-state index in [1.165, 1.54) is 0 Å². The third-order valence-corrected chi connectivity index (χ3v) is 5.37.